The van der Waals surface area contributed by atoms with Gasteiger partial charge in [-0.15, -0.1) is 0 Å². The lowest BCUT2D eigenvalue weighted by molar-refractivity contribution is -0.134. The molecular weight excluding hydrogens is 566 g/mol. The molecule has 0 aliphatic carbocycles. The van der Waals surface area contributed by atoms with Crippen molar-refractivity contribution in [2.45, 2.75) is 57.0 Å². The number of rotatable bonds is 15. The van der Waals surface area contributed by atoms with Gasteiger partial charge in [0.25, 0.3) is 0 Å². The Balaban J connectivity index is 1.47. The largest absolute Gasteiger partial charge is 0.497 e. The summed E-state index contributed by atoms with van der Waals surface area (Å²) in [6.45, 7) is 6.47. The van der Waals surface area contributed by atoms with Gasteiger partial charge in [-0.2, -0.15) is 0 Å². The van der Waals surface area contributed by atoms with E-state index in [0.29, 0.717) is 38.6 Å². The highest BCUT2D eigenvalue weighted by molar-refractivity contribution is 5.98. The Hall–Kier alpha value is -3.84. The van der Waals surface area contributed by atoms with Gasteiger partial charge in [0.2, 0.25) is 17.7 Å². The van der Waals surface area contributed by atoms with Crippen LogP contribution in [0.1, 0.15) is 30.5 Å². The van der Waals surface area contributed by atoms with E-state index >= 15 is 0 Å². The number of carbonyl (C=O) groups is 4. The lowest BCUT2D eigenvalue weighted by Gasteiger charge is -2.27. The van der Waals surface area contributed by atoms with Gasteiger partial charge in [0.1, 0.15) is 23.4 Å². The highest BCUT2D eigenvalue weighted by Gasteiger charge is 2.50. The Bertz CT molecular complexity index is 1290. The summed E-state index contributed by atoms with van der Waals surface area (Å²) in [5.74, 6) is -0.935. The van der Waals surface area contributed by atoms with Gasteiger partial charge in [-0.05, 0) is 49.1 Å². The first-order chi connectivity index (χ1) is 21.1. The number of nitrogens with zero attached hydrogens (tertiary/aromatic N) is 1. The van der Waals surface area contributed by atoms with E-state index in [1.165, 1.54) is 0 Å². The predicted octanol–water partition coefficient (Wildman–Crippen LogP) is 0.104. The number of ketones is 1. The van der Waals surface area contributed by atoms with Crippen LogP contribution in [0.25, 0.3) is 0 Å². The van der Waals surface area contributed by atoms with Crippen molar-refractivity contribution in [3.8, 4) is 5.75 Å². The predicted molar refractivity (Wildman–Crippen MR) is 163 cm³/mol. The van der Waals surface area contributed by atoms with E-state index in [0.717, 1.165) is 16.7 Å². The molecule has 2 aliphatic heterocycles. The molecule has 0 saturated carbocycles. The minimum atomic E-state index is -1.03. The monoisotopic (exact) mass is 609 g/mol. The molecule has 4 rings (SSSR count). The molecule has 2 aromatic carbocycles. The third-order valence-corrected chi connectivity index (χ3v) is 7.90. The summed E-state index contributed by atoms with van der Waals surface area (Å²) in [5.41, 5.74) is 7.32. The van der Waals surface area contributed by atoms with Crippen LogP contribution in [0, 0.1) is 0 Å². The number of hydrogen-bond donors (Lipinski definition) is 4. The molecule has 2 saturated heterocycles. The second-order valence-electron chi connectivity index (χ2n) is 11.5. The maximum absolute atomic E-state index is 13.8. The molecule has 12 heteroatoms. The SMILES string of the molecule is COc1ccc(CC(NC(=O)C(C)NC(=O)CN2CCOCC2)C(=O)NC(Cc2ccc(CN)cc2)C(=O)C2(C)CO2)cc1. The van der Waals surface area contributed by atoms with Gasteiger partial charge in [0.05, 0.1) is 39.5 Å². The van der Waals surface area contributed by atoms with Crippen molar-refractivity contribution in [1.82, 2.24) is 20.9 Å². The molecule has 4 unspecified atom stereocenters. The van der Waals surface area contributed by atoms with E-state index in [1.807, 2.05) is 29.2 Å². The van der Waals surface area contributed by atoms with Crippen molar-refractivity contribution in [3.05, 3.63) is 65.2 Å². The zero-order valence-corrected chi connectivity index (χ0v) is 25.6. The molecule has 2 aromatic rings. The molecule has 12 nitrogen and oxygen atoms in total. The first-order valence-corrected chi connectivity index (χ1v) is 14.9. The molecule has 0 bridgehead atoms. The first kappa shape index (κ1) is 33.1. The number of nitrogens with two attached hydrogens (primary N) is 1. The van der Waals surface area contributed by atoms with Crippen LogP contribution in [-0.4, -0.2) is 98.7 Å². The second-order valence-corrected chi connectivity index (χ2v) is 11.5. The number of amides is 3. The Kier molecular flexibility index (Phi) is 11.5. The van der Waals surface area contributed by atoms with Crippen LogP contribution in [-0.2, 0) is 48.0 Å². The fourth-order valence-corrected chi connectivity index (χ4v) is 4.97. The van der Waals surface area contributed by atoms with E-state index < -0.39 is 35.5 Å². The molecule has 2 heterocycles. The second kappa shape index (κ2) is 15.2. The summed E-state index contributed by atoms with van der Waals surface area (Å²) in [5, 5.41) is 8.40. The Morgan fingerprint density at radius 2 is 1.43 bits per heavy atom. The number of methoxy groups -OCH3 is 1. The van der Waals surface area contributed by atoms with Crippen LogP contribution in [0.2, 0.25) is 0 Å². The van der Waals surface area contributed by atoms with Crippen LogP contribution in [0.5, 0.6) is 5.75 Å². The Labute approximate surface area is 258 Å². The molecule has 44 heavy (non-hydrogen) atoms. The molecule has 2 aliphatic rings. The van der Waals surface area contributed by atoms with E-state index in [2.05, 4.69) is 16.0 Å². The fourth-order valence-electron chi connectivity index (χ4n) is 4.97. The highest BCUT2D eigenvalue weighted by atomic mass is 16.6. The first-order valence-electron chi connectivity index (χ1n) is 14.9. The van der Waals surface area contributed by atoms with Gasteiger partial charge < -0.3 is 35.9 Å². The summed E-state index contributed by atoms with van der Waals surface area (Å²) >= 11 is 0. The number of carbonyl (C=O) groups excluding carboxylic acids is 4. The number of ether oxygens (including phenoxy) is 3. The van der Waals surface area contributed by atoms with Crippen LogP contribution in [0.4, 0.5) is 0 Å². The third kappa shape index (κ3) is 9.33. The van der Waals surface area contributed by atoms with E-state index in [1.54, 1.807) is 45.2 Å². The number of nitrogens with one attached hydrogen (secondary N) is 3. The molecule has 0 aromatic heterocycles. The maximum Gasteiger partial charge on any atom is 0.243 e. The number of benzene rings is 2. The van der Waals surface area contributed by atoms with Gasteiger partial charge in [-0.3, -0.25) is 24.1 Å². The molecule has 0 radical (unpaired) electrons. The molecule has 3 amide bonds. The third-order valence-electron chi connectivity index (χ3n) is 7.90. The van der Waals surface area contributed by atoms with Gasteiger partial charge in [0.15, 0.2) is 5.78 Å². The Morgan fingerprint density at radius 3 is 2.00 bits per heavy atom. The van der Waals surface area contributed by atoms with E-state index in [-0.39, 0.29) is 37.7 Å². The lowest BCUT2D eigenvalue weighted by Crippen LogP contribution is -2.57. The minimum absolute atomic E-state index is 0.146. The Morgan fingerprint density at radius 1 is 0.886 bits per heavy atom. The molecular formula is C32H43N5O7. The van der Waals surface area contributed by atoms with E-state index in [9.17, 15) is 19.2 Å². The van der Waals surface area contributed by atoms with Crippen molar-refractivity contribution >= 4 is 23.5 Å². The summed E-state index contributed by atoms with van der Waals surface area (Å²) in [6.07, 6.45) is 0.390. The minimum Gasteiger partial charge on any atom is -0.497 e. The zero-order chi connectivity index (χ0) is 31.7. The van der Waals surface area contributed by atoms with Gasteiger partial charge in [0, 0.05) is 26.1 Å². The normalized spacial score (nSPS) is 20.1. The smallest absolute Gasteiger partial charge is 0.243 e. The van der Waals surface area contributed by atoms with Crippen LogP contribution in [0.15, 0.2) is 48.5 Å². The summed E-state index contributed by atoms with van der Waals surface area (Å²) in [4.78, 5) is 55.1. The molecule has 5 N–H and O–H groups in total. The maximum atomic E-state index is 13.8. The standard InChI is InChI=1S/C32H43N5O7/c1-21(34-28(38)19-37-12-14-43-15-13-37)30(40)36-27(17-23-8-10-25(42-3)11-9-23)31(41)35-26(29(39)32(2)20-44-32)16-22-4-6-24(18-33)7-5-22/h4-11,21,26-27H,12-20,33H2,1-3H3,(H,34,38)(H,35,41)(H,36,40). The summed E-state index contributed by atoms with van der Waals surface area (Å²) in [7, 11) is 1.56. The average Bonchev–Trinajstić information content (AvgIpc) is 3.79. The van der Waals surface area contributed by atoms with Crippen molar-refractivity contribution in [2.24, 2.45) is 5.73 Å². The number of morpholine rings is 1. The summed E-state index contributed by atoms with van der Waals surface area (Å²) < 4.78 is 16.0. The number of epoxide rings is 1. The number of hydrogen-bond acceptors (Lipinski definition) is 9. The zero-order valence-electron chi connectivity index (χ0n) is 25.6. The molecule has 238 valence electrons. The highest BCUT2D eigenvalue weighted by Crippen LogP contribution is 2.29. The van der Waals surface area contributed by atoms with Crippen molar-refractivity contribution in [3.63, 3.8) is 0 Å². The van der Waals surface area contributed by atoms with Crippen molar-refractivity contribution in [2.75, 3.05) is 46.6 Å². The lowest BCUT2D eigenvalue weighted by atomic mass is 9.94. The van der Waals surface area contributed by atoms with Crippen molar-refractivity contribution < 1.29 is 33.4 Å². The van der Waals surface area contributed by atoms with Crippen LogP contribution in [0.3, 0.4) is 0 Å². The number of Topliss-reactive ketones (excluding diaryl/α,β-unsaturated/α-hetero) is 1. The van der Waals surface area contributed by atoms with Gasteiger partial charge in [-0.25, -0.2) is 0 Å². The van der Waals surface area contributed by atoms with E-state index in [4.69, 9.17) is 19.9 Å². The molecule has 2 fully saturated rings. The van der Waals surface area contributed by atoms with Crippen LogP contribution >= 0.6 is 0 Å². The van der Waals surface area contributed by atoms with Crippen molar-refractivity contribution in [1.29, 1.82) is 0 Å². The quantitative estimate of drug-likeness (QED) is 0.205. The van der Waals surface area contributed by atoms with Crippen LogP contribution < -0.4 is 26.4 Å². The summed E-state index contributed by atoms with van der Waals surface area (Å²) in [6, 6.07) is 11.9. The average molecular weight is 610 g/mol. The fraction of sp³-hybridized carbons (Fsp3) is 0.500. The molecule has 0 spiro atoms. The topological polar surface area (TPSA) is 165 Å². The van der Waals surface area contributed by atoms with Gasteiger partial charge in [-0.1, -0.05) is 36.4 Å². The van der Waals surface area contributed by atoms with Gasteiger partial charge >= 0.3 is 0 Å². The molecule has 4 atom stereocenters.